The monoisotopic (exact) mass is 378 g/mol. The van der Waals surface area contributed by atoms with Crippen LogP contribution in [0.3, 0.4) is 0 Å². The van der Waals surface area contributed by atoms with Crippen molar-refractivity contribution in [3.63, 3.8) is 0 Å². The molecule has 1 atom stereocenters. The number of carbonyl (C=O) groups is 2. The summed E-state index contributed by atoms with van der Waals surface area (Å²) >= 11 is 0. The Hall–Kier alpha value is -2.82. The molecule has 0 radical (unpaired) electrons. The lowest BCUT2D eigenvalue weighted by molar-refractivity contribution is 0.0248. The zero-order chi connectivity index (χ0) is 19.9. The topological polar surface area (TPSA) is 49.9 Å². The first kappa shape index (κ1) is 18.5. The van der Waals surface area contributed by atoms with E-state index in [1.807, 2.05) is 68.1 Å². The minimum absolute atomic E-state index is 0.00546. The van der Waals surface area contributed by atoms with Crippen LogP contribution in [0.5, 0.6) is 0 Å². The average molecular weight is 378 g/mol. The normalized spacial score (nSPS) is 18.5. The van der Waals surface area contributed by atoms with Crippen LogP contribution in [0.15, 0.2) is 48.5 Å². The highest BCUT2D eigenvalue weighted by atomic mass is 16.6. The van der Waals surface area contributed by atoms with Gasteiger partial charge in [0, 0.05) is 36.8 Å². The van der Waals surface area contributed by atoms with Gasteiger partial charge in [-0.05, 0) is 56.5 Å². The van der Waals surface area contributed by atoms with Crippen molar-refractivity contribution >= 4 is 17.7 Å². The molecule has 2 amide bonds. The van der Waals surface area contributed by atoms with Crippen molar-refractivity contribution in [1.29, 1.82) is 0 Å². The lowest BCUT2D eigenvalue weighted by Gasteiger charge is -2.28. The Labute approximate surface area is 165 Å². The number of rotatable bonds is 1. The van der Waals surface area contributed by atoms with E-state index >= 15 is 0 Å². The Kier molecular flexibility index (Phi) is 4.61. The molecule has 0 aromatic heterocycles. The van der Waals surface area contributed by atoms with Gasteiger partial charge < -0.3 is 14.5 Å². The third-order valence-electron chi connectivity index (χ3n) is 5.28. The van der Waals surface area contributed by atoms with Crippen molar-refractivity contribution in [2.45, 2.75) is 38.7 Å². The zero-order valence-corrected chi connectivity index (χ0v) is 16.6. The van der Waals surface area contributed by atoms with E-state index in [-0.39, 0.29) is 17.9 Å². The molecule has 5 nitrogen and oxygen atoms in total. The Bertz CT molecular complexity index is 902. The summed E-state index contributed by atoms with van der Waals surface area (Å²) in [4.78, 5) is 29.4. The van der Waals surface area contributed by atoms with Gasteiger partial charge in [-0.15, -0.1) is 0 Å². The van der Waals surface area contributed by atoms with E-state index in [0.29, 0.717) is 25.2 Å². The maximum Gasteiger partial charge on any atom is 0.410 e. The van der Waals surface area contributed by atoms with Crippen LogP contribution in [-0.2, 0) is 11.2 Å². The molecule has 0 bridgehead atoms. The van der Waals surface area contributed by atoms with Crippen molar-refractivity contribution in [2.24, 2.45) is 0 Å². The molecule has 0 saturated heterocycles. The minimum atomic E-state index is -0.521. The summed E-state index contributed by atoms with van der Waals surface area (Å²) in [5.74, 6) is 0.111. The predicted molar refractivity (Wildman–Crippen MR) is 109 cm³/mol. The standard InChI is InChI=1S/C23H26N2O3/c1-23(2,3)28-22(27)24-13-12-16-10-7-11-19-20(16)18(14-24)15-25(19)21(26)17-8-5-4-6-9-17/h4-11,18H,12-15H2,1-3H3. The number of anilines is 1. The van der Waals surface area contributed by atoms with Gasteiger partial charge in [0.25, 0.3) is 5.91 Å². The fourth-order valence-corrected chi connectivity index (χ4v) is 4.12. The molecule has 1 unspecified atom stereocenters. The lowest BCUT2D eigenvalue weighted by Crippen LogP contribution is -2.40. The van der Waals surface area contributed by atoms with Gasteiger partial charge in [-0.25, -0.2) is 4.79 Å². The van der Waals surface area contributed by atoms with Gasteiger partial charge in [0.15, 0.2) is 0 Å². The Morgan fingerprint density at radius 3 is 2.46 bits per heavy atom. The second-order valence-electron chi connectivity index (χ2n) is 8.51. The summed E-state index contributed by atoms with van der Waals surface area (Å²) in [7, 11) is 0. The molecule has 0 saturated carbocycles. The highest BCUT2D eigenvalue weighted by molar-refractivity contribution is 6.07. The highest BCUT2D eigenvalue weighted by Crippen LogP contribution is 2.41. The van der Waals surface area contributed by atoms with Crippen molar-refractivity contribution in [3.05, 3.63) is 65.2 Å². The molecular weight excluding hydrogens is 352 g/mol. The van der Waals surface area contributed by atoms with Gasteiger partial charge in [-0.3, -0.25) is 4.79 Å². The van der Waals surface area contributed by atoms with Crippen molar-refractivity contribution < 1.29 is 14.3 Å². The number of nitrogens with zero attached hydrogens (tertiary/aromatic N) is 2. The third kappa shape index (κ3) is 3.49. The van der Waals surface area contributed by atoms with Gasteiger partial charge in [0.2, 0.25) is 0 Å². The average Bonchev–Trinajstić information content (AvgIpc) is 2.91. The first-order chi connectivity index (χ1) is 13.3. The van der Waals surface area contributed by atoms with Gasteiger partial charge in [0.1, 0.15) is 5.60 Å². The largest absolute Gasteiger partial charge is 0.444 e. The summed E-state index contributed by atoms with van der Waals surface area (Å²) in [6, 6.07) is 15.5. The van der Waals surface area contributed by atoms with E-state index in [9.17, 15) is 9.59 Å². The molecule has 5 heteroatoms. The van der Waals surface area contributed by atoms with Crippen molar-refractivity contribution in [1.82, 2.24) is 4.90 Å². The van der Waals surface area contributed by atoms with Crippen LogP contribution < -0.4 is 4.90 Å². The van der Waals surface area contributed by atoms with Crippen LogP contribution in [0.4, 0.5) is 10.5 Å². The molecule has 2 aliphatic rings. The molecule has 28 heavy (non-hydrogen) atoms. The van der Waals surface area contributed by atoms with Crippen molar-refractivity contribution in [2.75, 3.05) is 24.5 Å². The SMILES string of the molecule is CC(C)(C)OC(=O)N1CCc2cccc3c2C(C1)CN3C(=O)c1ccccc1. The summed E-state index contributed by atoms with van der Waals surface area (Å²) in [5, 5.41) is 0. The van der Waals surface area contributed by atoms with Crippen LogP contribution in [0.1, 0.15) is 48.2 Å². The number of hydrogen-bond donors (Lipinski definition) is 0. The molecule has 2 aliphatic heterocycles. The van der Waals surface area contributed by atoms with E-state index in [2.05, 4.69) is 6.07 Å². The minimum Gasteiger partial charge on any atom is -0.444 e. The maximum absolute atomic E-state index is 13.1. The van der Waals surface area contributed by atoms with Crippen LogP contribution >= 0.6 is 0 Å². The summed E-state index contributed by atoms with van der Waals surface area (Å²) in [6.45, 7) is 7.42. The van der Waals surface area contributed by atoms with Crippen LogP contribution in [-0.4, -0.2) is 42.1 Å². The molecule has 2 aromatic carbocycles. The molecule has 0 N–H and O–H groups in total. The van der Waals surface area contributed by atoms with Crippen LogP contribution in [0.25, 0.3) is 0 Å². The van der Waals surface area contributed by atoms with E-state index < -0.39 is 5.60 Å². The molecule has 0 aliphatic carbocycles. The van der Waals surface area contributed by atoms with Gasteiger partial charge >= 0.3 is 6.09 Å². The molecule has 146 valence electrons. The number of amides is 2. The maximum atomic E-state index is 13.1. The highest BCUT2D eigenvalue weighted by Gasteiger charge is 2.38. The fraction of sp³-hybridized carbons (Fsp3) is 0.391. The second-order valence-corrected chi connectivity index (χ2v) is 8.51. The van der Waals surface area contributed by atoms with Crippen LogP contribution in [0, 0.1) is 0 Å². The van der Waals surface area contributed by atoms with Crippen LogP contribution in [0.2, 0.25) is 0 Å². The molecule has 0 spiro atoms. The smallest absolute Gasteiger partial charge is 0.410 e. The molecule has 0 fully saturated rings. The zero-order valence-electron chi connectivity index (χ0n) is 16.6. The number of hydrogen-bond acceptors (Lipinski definition) is 3. The molecule has 2 heterocycles. The quantitative estimate of drug-likeness (QED) is 0.746. The summed E-state index contributed by atoms with van der Waals surface area (Å²) < 4.78 is 5.59. The van der Waals surface area contributed by atoms with E-state index in [1.54, 1.807) is 4.90 Å². The predicted octanol–water partition coefficient (Wildman–Crippen LogP) is 4.22. The third-order valence-corrected chi connectivity index (χ3v) is 5.28. The molecular formula is C23H26N2O3. The van der Waals surface area contributed by atoms with Crippen molar-refractivity contribution in [3.8, 4) is 0 Å². The van der Waals surface area contributed by atoms with E-state index in [0.717, 1.165) is 12.1 Å². The summed E-state index contributed by atoms with van der Waals surface area (Å²) in [6.07, 6.45) is 0.487. The Morgan fingerprint density at radius 2 is 1.75 bits per heavy atom. The number of benzene rings is 2. The first-order valence-corrected chi connectivity index (χ1v) is 9.80. The molecule has 2 aromatic rings. The van der Waals surface area contributed by atoms with E-state index in [1.165, 1.54) is 11.1 Å². The van der Waals surface area contributed by atoms with Gasteiger partial charge in [0.05, 0.1) is 0 Å². The fourth-order valence-electron chi connectivity index (χ4n) is 4.12. The second kappa shape index (κ2) is 6.97. The lowest BCUT2D eigenvalue weighted by atomic mass is 9.96. The van der Waals surface area contributed by atoms with Gasteiger partial charge in [-0.2, -0.15) is 0 Å². The first-order valence-electron chi connectivity index (χ1n) is 9.80. The summed E-state index contributed by atoms with van der Waals surface area (Å²) in [5.41, 5.74) is 3.56. The van der Waals surface area contributed by atoms with E-state index in [4.69, 9.17) is 4.74 Å². The molecule has 4 rings (SSSR count). The number of ether oxygens (including phenoxy) is 1. The number of carbonyl (C=O) groups excluding carboxylic acids is 2. The van der Waals surface area contributed by atoms with Gasteiger partial charge in [-0.1, -0.05) is 30.3 Å². The Balaban J connectivity index is 1.63. The Morgan fingerprint density at radius 1 is 1.00 bits per heavy atom.